The first-order chi connectivity index (χ1) is 11.8. The summed E-state index contributed by atoms with van der Waals surface area (Å²) in [6.07, 6.45) is 1.45. The van der Waals surface area contributed by atoms with E-state index in [1.807, 2.05) is 25.1 Å². The second-order valence-electron chi connectivity index (χ2n) is 5.59. The van der Waals surface area contributed by atoms with E-state index in [0.29, 0.717) is 10.8 Å². The number of halogens is 2. The molecule has 0 aliphatic heterocycles. The highest BCUT2D eigenvalue weighted by Gasteiger charge is 2.12. The summed E-state index contributed by atoms with van der Waals surface area (Å²) in [6, 6.07) is 8.87. The molecule has 1 aromatic carbocycles. The average molecular weight is 426 g/mol. The van der Waals surface area contributed by atoms with Crippen molar-refractivity contribution in [3.05, 3.63) is 51.6 Å². The van der Waals surface area contributed by atoms with Gasteiger partial charge in [0.2, 0.25) is 11.8 Å². The summed E-state index contributed by atoms with van der Waals surface area (Å²) in [7, 11) is 1.70. The minimum absolute atomic E-state index is 0.0665. The van der Waals surface area contributed by atoms with Crippen molar-refractivity contribution in [3.63, 3.8) is 0 Å². The van der Waals surface area contributed by atoms with Crippen molar-refractivity contribution in [2.75, 3.05) is 30.8 Å². The van der Waals surface area contributed by atoms with E-state index in [9.17, 15) is 9.59 Å². The van der Waals surface area contributed by atoms with Gasteiger partial charge in [-0.2, -0.15) is 0 Å². The lowest BCUT2D eigenvalue weighted by molar-refractivity contribution is -0.119. The van der Waals surface area contributed by atoms with Crippen LogP contribution in [0, 0.1) is 6.92 Å². The van der Waals surface area contributed by atoms with Crippen LogP contribution in [-0.4, -0.2) is 41.8 Å². The van der Waals surface area contributed by atoms with Crippen molar-refractivity contribution in [1.82, 2.24) is 9.88 Å². The third-order valence-corrected chi connectivity index (χ3v) is 4.00. The van der Waals surface area contributed by atoms with Gasteiger partial charge in [-0.15, -0.1) is 0 Å². The number of carbonyl (C=O) groups is 2. The smallest absolute Gasteiger partial charge is 0.239 e. The van der Waals surface area contributed by atoms with Gasteiger partial charge in [0.1, 0.15) is 5.82 Å². The number of hydrogen-bond donors (Lipinski definition) is 2. The number of benzene rings is 1. The van der Waals surface area contributed by atoms with Crippen molar-refractivity contribution < 1.29 is 9.59 Å². The largest absolute Gasteiger partial charge is 0.325 e. The molecule has 0 aliphatic rings. The number of aromatic nitrogens is 1. The van der Waals surface area contributed by atoms with Gasteiger partial charge >= 0.3 is 0 Å². The number of pyridine rings is 1. The van der Waals surface area contributed by atoms with Gasteiger partial charge in [0.25, 0.3) is 0 Å². The standard InChI is InChI=1S/C17H18BrClN4O2/c1-11-7-12(18)3-5-14(11)21-16(24)9-23(2)10-17(25)22-15-6-4-13(19)8-20-15/h3-8H,9-10H2,1-2H3,(H,21,24)(H,20,22,25). The Labute approximate surface area is 159 Å². The van der Waals surface area contributed by atoms with Gasteiger partial charge in [-0.3, -0.25) is 14.5 Å². The molecule has 25 heavy (non-hydrogen) atoms. The van der Waals surface area contributed by atoms with Gasteiger partial charge in [-0.25, -0.2) is 4.98 Å². The average Bonchev–Trinajstić information content (AvgIpc) is 2.52. The maximum Gasteiger partial charge on any atom is 0.239 e. The summed E-state index contributed by atoms with van der Waals surface area (Å²) >= 11 is 9.13. The number of carbonyl (C=O) groups excluding carboxylic acids is 2. The van der Waals surface area contributed by atoms with Crippen molar-refractivity contribution in [2.24, 2.45) is 0 Å². The quantitative estimate of drug-likeness (QED) is 0.744. The molecule has 1 aromatic heterocycles. The first-order valence-electron chi connectivity index (χ1n) is 7.49. The fourth-order valence-electron chi connectivity index (χ4n) is 2.14. The monoisotopic (exact) mass is 424 g/mol. The Hall–Kier alpha value is -1.96. The summed E-state index contributed by atoms with van der Waals surface area (Å²) in [5, 5.41) is 5.98. The van der Waals surface area contributed by atoms with Crippen LogP contribution in [0.1, 0.15) is 5.56 Å². The highest BCUT2D eigenvalue weighted by molar-refractivity contribution is 9.10. The number of rotatable bonds is 6. The van der Waals surface area contributed by atoms with E-state index in [-0.39, 0.29) is 24.9 Å². The summed E-state index contributed by atoms with van der Waals surface area (Å²) in [4.78, 5) is 29.7. The Balaban J connectivity index is 1.82. The molecule has 2 N–H and O–H groups in total. The number of anilines is 2. The van der Waals surface area contributed by atoms with E-state index in [1.54, 1.807) is 24.1 Å². The minimum atomic E-state index is -0.259. The number of hydrogen-bond acceptors (Lipinski definition) is 4. The van der Waals surface area contributed by atoms with Crippen LogP contribution >= 0.6 is 27.5 Å². The van der Waals surface area contributed by atoms with Crippen LogP contribution in [0.15, 0.2) is 41.0 Å². The van der Waals surface area contributed by atoms with Crippen LogP contribution < -0.4 is 10.6 Å². The number of amides is 2. The fraction of sp³-hybridized carbons (Fsp3) is 0.235. The molecule has 0 saturated heterocycles. The highest BCUT2D eigenvalue weighted by atomic mass is 79.9. The maximum atomic E-state index is 12.1. The second-order valence-corrected chi connectivity index (χ2v) is 6.94. The number of nitrogens with zero attached hydrogens (tertiary/aromatic N) is 2. The SMILES string of the molecule is Cc1cc(Br)ccc1NC(=O)CN(C)CC(=O)Nc1ccc(Cl)cn1. The molecule has 1 heterocycles. The Kier molecular flexibility index (Phi) is 6.92. The number of aryl methyl sites for hydroxylation is 1. The molecular weight excluding hydrogens is 408 g/mol. The Bertz CT molecular complexity index is 768. The first-order valence-corrected chi connectivity index (χ1v) is 8.66. The summed E-state index contributed by atoms with van der Waals surface area (Å²) in [6.45, 7) is 2.07. The van der Waals surface area contributed by atoms with E-state index in [2.05, 4.69) is 31.5 Å². The molecule has 0 unspecified atom stereocenters. The predicted molar refractivity (Wildman–Crippen MR) is 103 cm³/mol. The summed E-state index contributed by atoms with van der Waals surface area (Å²) in [5.74, 6) is -0.0342. The topological polar surface area (TPSA) is 74.3 Å². The normalized spacial score (nSPS) is 10.6. The van der Waals surface area contributed by atoms with Gasteiger partial charge < -0.3 is 10.6 Å². The molecule has 2 amide bonds. The van der Waals surface area contributed by atoms with Crippen molar-refractivity contribution in [1.29, 1.82) is 0 Å². The van der Waals surface area contributed by atoms with Crippen molar-refractivity contribution >= 4 is 50.9 Å². The van der Waals surface area contributed by atoms with Crippen LogP contribution in [0.2, 0.25) is 5.02 Å². The molecule has 0 saturated carbocycles. The van der Waals surface area contributed by atoms with Crippen molar-refractivity contribution in [3.8, 4) is 0 Å². The van der Waals surface area contributed by atoms with Crippen LogP contribution in [-0.2, 0) is 9.59 Å². The van der Waals surface area contributed by atoms with Gasteiger partial charge in [0, 0.05) is 16.4 Å². The first kappa shape index (κ1) is 19.4. The molecule has 0 bridgehead atoms. The molecule has 2 aromatic rings. The molecular formula is C17H18BrClN4O2. The Morgan fingerprint density at radius 2 is 1.84 bits per heavy atom. The van der Waals surface area contributed by atoms with Crippen LogP contribution in [0.5, 0.6) is 0 Å². The fourth-order valence-corrected chi connectivity index (χ4v) is 2.72. The lowest BCUT2D eigenvalue weighted by Gasteiger charge is -2.16. The third-order valence-electron chi connectivity index (χ3n) is 3.28. The Morgan fingerprint density at radius 1 is 1.16 bits per heavy atom. The zero-order chi connectivity index (χ0) is 18.4. The number of likely N-dealkylation sites (N-methyl/N-ethyl adjacent to an activating group) is 1. The molecule has 0 spiro atoms. The zero-order valence-corrected chi connectivity index (χ0v) is 16.2. The van der Waals surface area contributed by atoms with E-state index in [4.69, 9.17) is 11.6 Å². The van der Waals surface area contributed by atoms with E-state index in [0.717, 1.165) is 15.7 Å². The predicted octanol–water partition coefficient (Wildman–Crippen LogP) is 3.31. The molecule has 0 aliphatic carbocycles. The molecule has 132 valence electrons. The van der Waals surface area contributed by atoms with Gasteiger partial charge in [-0.05, 0) is 49.9 Å². The van der Waals surface area contributed by atoms with Crippen LogP contribution in [0.4, 0.5) is 11.5 Å². The highest BCUT2D eigenvalue weighted by Crippen LogP contribution is 2.19. The molecule has 6 nitrogen and oxygen atoms in total. The van der Waals surface area contributed by atoms with Crippen LogP contribution in [0.25, 0.3) is 0 Å². The third kappa shape index (κ3) is 6.45. The van der Waals surface area contributed by atoms with Gasteiger partial charge in [0.15, 0.2) is 0 Å². The summed E-state index contributed by atoms with van der Waals surface area (Å²) in [5.41, 5.74) is 1.70. The lowest BCUT2D eigenvalue weighted by atomic mass is 10.2. The van der Waals surface area contributed by atoms with Gasteiger partial charge in [-0.1, -0.05) is 27.5 Å². The second kappa shape index (κ2) is 8.94. The van der Waals surface area contributed by atoms with E-state index < -0.39 is 0 Å². The maximum absolute atomic E-state index is 12.1. The Morgan fingerprint density at radius 3 is 2.44 bits per heavy atom. The number of nitrogens with one attached hydrogen (secondary N) is 2. The zero-order valence-electron chi connectivity index (χ0n) is 13.8. The molecule has 2 rings (SSSR count). The minimum Gasteiger partial charge on any atom is -0.325 e. The summed E-state index contributed by atoms with van der Waals surface area (Å²) < 4.78 is 0.951. The molecule has 0 fully saturated rings. The van der Waals surface area contributed by atoms with Gasteiger partial charge in [0.05, 0.1) is 18.1 Å². The lowest BCUT2D eigenvalue weighted by Crippen LogP contribution is -2.36. The molecule has 0 radical (unpaired) electrons. The molecule has 8 heteroatoms. The van der Waals surface area contributed by atoms with E-state index in [1.165, 1.54) is 6.20 Å². The molecule has 0 atom stereocenters. The van der Waals surface area contributed by atoms with Crippen molar-refractivity contribution in [2.45, 2.75) is 6.92 Å². The van der Waals surface area contributed by atoms with E-state index >= 15 is 0 Å². The van der Waals surface area contributed by atoms with Crippen LogP contribution in [0.3, 0.4) is 0 Å².